The maximum atomic E-state index is 12.0. The molecule has 1 atom stereocenters. The summed E-state index contributed by atoms with van der Waals surface area (Å²) in [4.78, 5) is 14.1. The molecule has 0 bridgehead atoms. The fraction of sp³-hybridized carbons (Fsp3) is 0.963. The summed E-state index contributed by atoms with van der Waals surface area (Å²) in [6.45, 7) is 4.42. The van der Waals surface area contributed by atoms with Gasteiger partial charge in [-0.05, 0) is 26.9 Å². The lowest BCUT2D eigenvalue weighted by molar-refractivity contribution is -0.129. The molecular weight excluding hydrogens is 368 g/mol. The van der Waals surface area contributed by atoms with E-state index in [4.69, 9.17) is 5.73 Å². The minimum absolute atomic E-state index is 0.152. The first-order valence-corrected chi connectivity index (χ1v) is 13.5. The zero-order chi connectivity index (χ0) is 22.5. The van der Waals surface area contributed by atoms with Crippen LogP contribution >= 0.6 is 0 Å². The summed E-state index contributed by atoms with van der Waals surface area (Å²) < 4.78 is 0. The van der Waals surface area contributed by atoms with Crippen molar-refractivity contribution in [3.05, 3.63) is 0 Å². The third-order valence-electron chi connectivity index (χ3n) is 6.92. The summed E-state index contributed by atoms with van der Waals surface area (Å²) in [6.07, 6.45) is 27.7. The van der Waals surface area contributed by atoms with Gasteiger partial charge >= 0.3 is 0 Å². The number of nitrogens with zero attached hydrogens (tertiary/aromatic N) is 1. The number of carbonyl (C=O) groups excluding carboxylic acids is 1. The number of rotatable bonds is 23. The molecule has 180 valence electrons. The van der Waals surface area contributed by atoms with Gasteiger partial charge in [0.25, 0.3) is 0 Å². The molecule has 0 aliphatic carbocycles. The van der Waals surface area contributed by atoms with Gasteiger partial charge in [0, 0.05) is 0 Å². The molecule has 1 amide bonds. The van der Waals surface area contributed by atoms with Gasteiger partial charge in [-0.3, -0.25) is 9.69 Å². The van der Waals surface area contributed by atoms with Crippen molar-refractivity contribution >= 4 is 5.91 Å². The van der Waals surface area contributed by atoms with Crippen LogP contribution in [0, 0.1) is 0 Å². The van der Waals surface area contributed by atoms with Crippen molar-refractivity contribution in [1.29, 1.82) is 0 Å². The fourth-order valence-electron chi connectivity index (χ4n) is 4.77. The molecule has 0 aromatic carbocycles. The van der Waals surface area contributed by atoms with E-state index in [1.807, 2.05) is 19.0 Å². The molecule has 0 spiro atoms. The first-order chi connectivity index (χ1) is 14.5. The Bertz CT molecular complexity index is 383. The molecule has 1 unspecified atom stereocenters. The van der Waals surface area contributed by atoms with E-state index in [0.717, 1.165) is 25.7 Å². The Labute approximate surface area is 189 Å². The molecular formula is C27H56N2O. The summed E-state index contributed by atoms with van der Waals surface area (Å²) in [6, 6.07) is 0. The fourth-order valence-corrected chi connectivity index (χ4v) is 4.77. The first kappa shape index (κ1) is 29.4. The van der Waals surface area contributed by atoms with Crippen molar-refractivity contribution < 1.29 is 4.79 Å². The maximum absolute atomic E-state index is 12.0. The van der Waals surface area contributed by atoms with E-state index < -0.39 is 5.54 Å². The Balaban J connectivity index is 3.47. The Morgan fingerprint density at radius 2 is 0.900 bits per heavy atom. The molecule has 0 aliphatic heterocycles. The van der Waals surface area contributed by atoms with E-state index in [9.17, 15) is 4.79 Å². The van der Waals surface area contributed by atoms with Gasteiger partial charge in [-0.15, -0.1) is 0 Å². The molecule has 0 fully saturated rings. The Morgan fingerprint density at radius 3 is 1.17 bits per heavy atom. The number of hydrogen-bond donors (Lipinski definition) is 1. The first-order valence-electron chi connectivity index (χ1n) is 13.5. The lowest BCUT2D eigenvalue weighted by Crippen LogP contribution is -2.54. The topological polar surface area (TPSA) is 46.3 Å². The summed E-state index contributed by atoms with van der Waals surface area (Å²) in [7, 11) is 3.99. The predicted molar refractivity (Wildman–Crippen MR) is 134 cm³/mol. The number of unbranched alkanes of at least 4 members (excludes halogenated alkanes) is 17. The van der Waals surface area contributed by atoms with Crippen LogP contribution < -0.4 is 5.73 Å². The second kappa shape index (κ2) is 20.3. The summed E-state index contributed by atoms with van der Waals surface area (Å²) in [5.41, 5.74) is 5.31. The molecule has 3 nitrogen and oxygen atoms in total. The lowest BCUT2D eigenvalue weighted by atomic mass is 9.85. The summed E-state index contributed by atoms with van der Waals surface area (Å²) >= 11 is 0. The largest absolute Gasteiger partial charge is 0.368 e. The Kier molecular flexibility index (Phi) is 20.0. The van der Waals surface area contributed by atoms with E-state index in [0.29, 0.717) is 0 Å². The molecule has 0 saturated heterocycles. The summed E-state index contributed by atoms with van der Waals surface area (Å²) in [5, 5.41) is 0. The van der Waals surface area contributed by atoms with Crippen LogP contribution in [0.2, 0.25) is 0 Å². The second-order valence-electron chi connectivity index (χ2n) is 9.80. The van der Waals surface area contributed by atoms with Crippen molar-refractivity contribution in [3.63, 3.8) is 0 Å². The molecule has 30 heavy (non-hydrogen) atoms. The molecule has 0 heterocycles. The number of primary amides is 1. The van der Waals surface area contributed by atoms with Gasteiger partial charge < -0.3 is 5.73 Å². The van der Waals surface area contributed by atoms with Gasteiger partial charge in [0.1, 0.15) is 0 Å². The minimum atomic E-state index is -0.441. The molecule has 0 radical (unpaired) electrons. The zero-order valence-electron chi connectivity index (χ0n) is 21.3. The van der Waals surface area contributed by atoms with E-state index in [1.165, 1.54) is 109 Å². The van der Waals surface area contributed by atoms with Crippen molar-refractivity contribution in [3.8, 4) is 0 Å². The average molecular weight is 425 g/mol. The third-order valence-corrected chi connectivity index (χ3v) is 6.92. The third kappa shape index (κ3) is 14.4. The highest BCUT2D eigenvalue weighted by molar-refractivity contribution is 5.84. The van der Waals surface area contributed by atoms with Gasteiger partial charge in [-0.25, -0.2) is 0 Å². The van der Waals surface area contributed by atoms with Crippen LogP contribution in [0.25, 0.3) is 0 Å². The van der Waals surface area contributed by atoms with E-state index >= 15 is 0 Å². The van der Waals surface area contributed by atoms with Gasteiger partial charge in [-0.1, -0.05) is 136 Å². The van der Waals surface area contributed by atoms with E-state index in [2.05, 4.69) is 13.8 Å². The number of hydrogen-bond acceptors (Lipinski definition) is 2. The zero-order valence-corrected chi connectivity index (χ0v) is 21.3. The van der Waals surface area contributed by atoms with E-state index in [1.54, 1.807) is 0 Å². The Hall–Kier alpha value is -0.570. The lowest BCUT2D eigenvalue weighted by Gasteiger charge is -2.37. The van der Waals surface area contributed by atoms with Crippen LogP contribution in [-0.4, -0.2) is 30.4 Å². The summed E-state index contributed by atoms with van der Waals surface area (Å²) in [5.74, 6) is -0.152. The number of amides is 1. The van der Waals surface area contributed by atoms with E-state index in [-0.39, 0.29) is 5.91 Å². The van der Waals surface area contributed by atoms with Crippen LogP contribution in [0.4, 0.5) is 0 Å². The standard InChI is InChI=1S/C27H56N2O/c1-5-7-8-9-10-11-12-13-14-15-16-17-18-19-20-21-22-23-25-27(24-6-2,26(28)30)29(3)4/h5-25H2,1-4H3,(H2,28,30). The van der Waals surface area contributed by atoms with Crippen molar-refractivity contribution in [2.45, 2.75) is 154 Å². The molecule has 3 heteroatoms. The quantitative estimate of drug-likeness (QED) is 0.169. The highest BCUT2D eigenvalue weighted by Crippen LogP contribution is 2.26. The van der Waals surface area contributed by atoms with Crippen LogP contribution in [0.15, 0.2) is 0 Å². The van der Waals surface area contributed by atoms with Gasteiger partial charge in [0.05, 0.1) is 5.54 Å². The number of nitrogens with two attached hydrogens (primary N) is 1. The Morgan fingerprint density at radius 1 is 0.567 bits per heavy atom. The van der Waals surface area contributed by atoms with Crippen molar-refractivity contribution in [2.75, 3.05) is 14.1 Å². The van der Waals surface area contributed by atoms with Gasteiger partial charge in [-0.2, -0.15) is 0 Å². The molecule has 0 aliphatic rings. The van der Waals surface area contributed by atoms with Crippen LogP contribution in [0.3, 0.4) is 0 Å². The predicted octanol–water partition coefficient (Wildman–Crippen LogP) is 8.00. The minimum Gasteiger partial charge on any atom is -0.368 e. The molecule has 0 saturated carbocycles. The molecule has 2 N–H and O–H groups in total. The SMILES string of the molecule is CCCCCCCCCCCCCCCCCCCCC(CCC)(C(N)=O)N(C)C. The normalized spacial score (nSPS) is 13.6. The van der Waals surface area contributed by atoms with Gasteiger partial charge in [0.2, 0.25) is 5.91 Å². The van der Waals surface area contributed by atoms with Crippen molar-refractivity contribution in [2.24, 2.45) is 5.73 Å². The smallest absolute Gasteiger partial charge is 0.237 e. The monoisotopic (exact) mass is 424 g/mol. The maximum Gasteiger partial charge on any atom is 0.237 e. The van der Waals surface area contributed by atoms with Crippen molar-refractivity contribution in [1.82, 2.24) is 4.90 Å². The molecule has 0 aromatic rings. The van der Waals surface area contributed by atoms with Crippen LogP contribution in [-0.2, 0) is 4.79 Å². The van der Waals surface area contributed by atoms with Crippen LogP contribution in [0.1, 0.15) is 149 Å². The average Bonchev–Trinajstić information content (AvgIpc) is 2.71. The highest BCUT2D eigenvalue weighted by atomic mass is 16.1. The second-order valence-corrected chi connectivity index (χ2v) is 9.80. The number of carbonyl (C=O) groups is 1. The van der Waals surface area contributed by atoms with Gasteiger partial charge in [0.15, 0.2) is 0 Å². The molecule has 0 aromatic heterocycles. The highest BCUT2D eigenvalue weighted by Gasteiger charge is 2.37. The number of likely N-dealkylation sites (N-methyl/N-ethyl adjacent to an activating group) is 1. The molecule has 0 rings (SSSR count). The van der Waals surface area contributed by atoms with Crippen LogP contribution in [0.5, 0.6) is 0 Å².